The van der Waals surface area contributed by atoms with E-state index >= 15 is 0 Å². The molecule has 0 saturated carbocycles. The lowest BCUT2D eigenvalue weighted by atomic mass is 10.1. The molecule has 2 aromatic rings. The molecule has 1 aliphatic rings. The molecular formula is C18H21ClN2O3S. The van der Waals surface area contributed by atoms with Gasteiger partial charge in [-0.25, -0.2) is 0 Å². The molecule has 7 heteroatoms. The summed E-state index contributed by atoms with van der Waals surface area (Å²) in [5.74, 6) is -1.22. The molecule has 134 valence electrons. The zero-order valence-electron chi connectivity index (χ0n) is 13.6. The maximum atomic E-state index is 12.5. The van der Waals surface area contributed by atoms with Gasteiger partial charge in [0, 0.05) is 11.4 Å². The van der Waals surface area contributed by atoms with E-state index in [0.717, 1.165) is 10.4 Å². The van der Waals surface area contributed by atoms with Crippen LogP contribution in [-0.2, 0) is 9.59 Å². The van der Waals surface area contributed by atoms with Gasteiger partial charge in [-0.3, -0.25) is 14.5 Å². The molecule has 0 spiro atoms. The fourth-order valence-electron chi connectivity index (χ4n) is 3.01. The topological polar surface area (TPSA) is 69.6 Å². The molecule has 0 bridgehead atoms. The lowest BCUT2D eigenvalue weighted by Gasteiger charge is -2.21. The standard InChI is InChI=1S/C18H20N2O3S.ClH/c21-16(12-20-9-8-14(11-20)18(22)23)19-17(15-7-4-10-24-15)13-5-2-1-3-6-13;/h1-7,10,14,17H,8-9,11-12H2,(H,19,21)(H,22,23);1H. The Kier molecular flexibility index (Phi) is 6.99. The van der Waals surface area contributed by atoms with E-state index in [0.29, 0.717) is 19.5 Å². The summed E-state index contributed by atoms with van der Waals surface area (Å²) in [5.41, 5.74) is 1.04. The largest absolute Gasteiger partial charge is 0.481 e. The van der Waals surface area contributed by atoms with Gasteiger partial charge in [0.25, 0.3) is 0 Å². The predicted octanol–water partition coefficient (Wildman–Crippen LogP) is 2.78. The molecule has 2 atom stereocenters. The number of halogens is 1. The quantitative estimate of drug-likeness (QED) is 0.808. The molecule has 2 N–H and O–H groups in total. The summed E-state index contributed by atoms with van der Waals surface area (Å²) < 4.78 is 0. The van der Waals surface area contributed by atoms with E-state index < -0.39 is 5.97 Å². The molecule has 2 unspecified atom stereocenters. The molecule has 3 rings (SSSR count). The van der Waals surface area contributed by atoms with Crippen molar-refractivity contribution >= 4 is 35.6 Å². The van der Waals surface area contributed by atoms with Crippen molar-refractivity contribution in [2.45, 2.75) is 12.5 Å². The van der Waals surface area contributed by atoms with Gasteiger partial charge in [-0.05, 0) is 30.0 Å². The zero-order chi connectivity index (χ0) is 16.9. The van der Waals surface area contributed by atoms with Crippen molar-refractivity contribution in [3.63, 3.8) is 0 Å². The summed E-state index contributed by atoms with van der Waals surface area (Å²) in [7, 11) is 0. The molecular weight excluding hydrogens is 360 g/mol. The van der Waals surface area contributed by atoms with Crippen LogP contribution in [0.25, 0.3) is 0 Å². The Labute approximate surface area is 157 Å². The number of benzene rings is 1. The van der Waals surface area contributed by atoms with Crippen LogP contribution in [0.5, 0.6) is 0 Å². The average Bonchev–Trinajstić information content (AvgIpc) is 3.25. The second kappa shape index (κ2) is 8.99. The molecule has 1 saturated heterocycles. The van der Waals surface area contributed by atoms with Gasteiger partial charge in [-0.15, -0.1) is 23.7 Å². The number of hydrogen-bond acceptors (Lipinski definition) is 4. The van der Waals surface area contributed by atoms with Gasteiger partial charge < -0.3 is 10.4 Å². The van der Waals surface area contributed by atoms with Crippen LogP contribution in [0.1, 0.15) is 22.9 Å². The normalized spacial score (nSPS) is 18.3. The number of nitrogens with zero attached hydrogens (tertiary/aromatic N) is 1. The number of aliphatic carboxylic acids is 1. The summed E-state index contributed by atoms with van der Waals surface area (Å²) in [6.07, 6.45) is 0.607. The SMILES string of the molecule is Cl.O=C(CN1CCC(C(=O)O)C1)NC(c1ccccc1)c1cccs1. The Balaban J connectivity index is 0.00000225. The lowest BCUT2D eigenvalue weighted by Crippen LogP contribution is -2.38. The predicted molar refractivity (Wildman–Crippen MR) is 100 cm³/mol. The minimum atomic E-state index is -0.779. The maximum Gasteiger partial charge on any atom is 0.307 e. The number of carboxylic acid groups (broad SMARTS) is 1. The number of likely N-dealkylation sites (tertiary alicyclic amines) is 1. The van der Waals surface area contributed by atoms with Crippen LogP contribution in [0.3, 0.4) is 0 Å². The zero-order valence-corrected chi connectivity index (χ0v) is 15.3. The second-order valence-corrected chi connectivity index (χ2v) is 6.96. The highest BCUT2D eigenvalue weighted by molar-refractivity contribution is 7.10. The minimum Gasteiger partial charge on any atom is -0.481 e. The molecule has 5 nitrogen and oxygen atoms in total. The highest BCUT2D eigenvalue weighted by atomic mass is 35.5. The maximum absolute atomic E-state index is 12.5. The highest BCUT2D eigenvalue weighted by Gasteiger charge is 2.29. The Hall–Kier alpha value is -1.89. The summed E-state index contributed by atoms with van der Waals surface area (Å²) in [6.45, 7) is 1.33. The lowest BCUT2D eigenvalue weighted by molar-refractivity contribution is -0.141. The highest BCUT2D eigenvalue weighted by Crippen LogP contribution is 2.26. The van der Waals surface area contributed by atoms with Gasteiger partial charge in [0.2, 0.25) is 5.91 Å². The van der Waals surface area contributed by atoms with Crippen LogP contribution in [0.4, 0.5) is 0 Å². The first-order valence-electron chi connectivity index (χ1n) is 7.96. The van der Waals surface area contributed by atoms with Crippen LogP contribution < -0.4 is 5.32 Å². The van der Waals surface area contributed by atoms with E-state index in [2.05, 4.69) is 5.32 Å². The molecule has 1 aliphatic heterocycles. The first kappa shape index (κ1) is 19.4. The van der Waals surface area contributed by atoms with Gasteiger partial charge in [-0.1, -0.05) is 36.4 Å². The molecule has 1 amide bonds. The van der Waals surface area contributed by atoms with Gasteiger partial charge in [-0.2, -0.15) is 0 Å². The van der Waals surface area contributed by atoms with Crippen molar-refractivity contribution in [1.29, 1.82) is 0 Å². The molecule has 0 radical (unpaired) electrons. The van der Waals surface area contributed by atoms with E-state index in [4.69, 9.17) is 5.11 Å². The number of carbonyl (C=O) groups excluding carboxylic acids is 1. The van der Waals surface area contributed by atoms with Crippen molar-refractivity contribution in [3.05, 3.63) is 58.3 Å². The Bertz CT molecular complexity index is 694. The van der Waals surface area contributed by atoms with Crippen LogP contribution in [0.15, 0.2) is 47.8 Å². The van der Waals surface area contributed by atoms with E-state index in [1.165, 1.54) is 0 Å². The third-order valence-corrected chi connectivity index (χ3v) is 5.19. The molecule has 25 heavy (non-hydrogen) atoms. The summed E-state index contributed by atoms with van der Waals surface area (Å²) in [5, 5.41) is 14.1. The summed E-state index contributed by atoms with van der Waals surface area (Å²) in [6, 6.07) is 13.7. The number of carboxylic acids is 1. The van der Waals surface area contributed by atoms with Crippen molar-refractivity contribution in [2.75, 3.05) is 19.6 Å². The van der Waals surface area contributed by atoms with Gasteiger partial charge in [0.15, 0.2) is 0 Å². The summed E-state index contributed by atoms with van der Waals surface area (Å²) in [4.78, 5) is 26.5. The Morgan fingerprint density at radius 2 is 2.00 bits per heavy atom. The molecule has 1 aromatic carbocycles. The fourth-order valence-corrected chi connectivity index (χ4v) is 3.81. The van der Waals surface area contributed by atoms with Gasteiger partial charge in [0.1, 0.15) is 0 Å². The monoisotopic (exact) mass is 380 g/mol. The van der Waals surface area contributed by atoms with Crippen molar-refractivity contribution in [3.8, 4) is 0 Å². The van der Waals surface area contributed by atoms with Crippen molar-refractivity contribution < 1.29 is 14.7 Å². The van der Waals surface area contributed by atoms with E-state index in [-0.39, 0.29) is 36.8 Å². The summed E-state index contributed by atoms with van der Waals surface area (Å²) >= 11 is 1.61. The average molecular weight is 381 g/mol. The number of rotatable bonds is 6. The smallest absolute Gasteiger partial charge is 0.307 e. The Morgan fingerprint density at radius 1 is 1.24 bits per heavy atom. The number of thiophene rings is 1. The second-order valence-electron chi connectivity index (χ2n) is 5.99. The van der Waals surface area contributed by atoms with E-state index in [1.807, 2.05) is 52.7 Å². The first-order chi connectivity index (χ1) is 11.6. The third kappa shape index (κ3) is 5.04. The van der Waals surface area contributed by atoms with Crippen LogP contribution in [-0.4, -0.2) is 41.5 Å². The van der Waals surface area contributed by atoms with Crippen molar-refractivity contribution in [1.82, 2.24) is 10.2 Å². The van der Waals surface area contributed by atoms with Gasteiger partial charge in [0.05, 0.1) is 18.5 Å². The van der Waals surface area contributed by atoms with Crippen molar-refractivity contribution in [2.24, 2.45) is 5.92 Å². The molecule has 0 aliphatic carbocycles. The first-order valence-corrected chi connectivity index (χ1v) is 8.84. The Morgan fingerprint density at radius 3 is 2.60 bits per heavy atom. The van der Waals surface area contributed by atoms with Crippen LogP contribution in [0.2, 0.25) is 0 Å². The van der Waals surface area contributed by atoms with E-state index in [9.17, 15) is 9.59 Å². The number of hydrogen-bond donors (Lipinski definition) is 2. The molecule has 1 aromatic heterocycles. The van der Waals surface area contributed by atoms with Crippen LogP contribution >= 0.6 is 23.7 Å². The number of amides is 1. The van der Waals surface area contributed by atoms with Crippen LogP contribution in [0, 0.1) is 5.92 Å². The fraction of sp³-hybridized carbons (Fsp3) is 0.333. The molecule has 1 fully saturated rings. The van der Waals surface area contributed by atoms with E-state index in [1.54, 1.807) is 11.3 Å². The number of carbonyl (C=O) groups is 2. The molecule has 2 heterocycles. The number of nitrogens with one attached hydrogen (secondary N) is 1. The third-order valence-electron chi connectivity index (χ3n) is 4.25. The minimum absolute atomic E-state index is 0. The van der Waals surface area contributed by atoms with Gasteiger partial charge >= 0.3 is 5.97 Å².